The molecule has 2 N–H and O–H groups in total. The van der Waals surface area contributed by atoms with E-state index in [2.05, 4.69) is 25.6 Å². The molecule has 1 aromatic carbocycles. The normalized spacial score (nSPS) is 20.3. The predicted molar refractivity (Wildman–Crippen MR) is 127 cm³/mol. The third-order valence-corrected chi connectivity index (χ3v) is 7.01. The highest BCUT2D eigenvalue weighted by atomic mass is 16.5. The molecule has 0 bridgehead atoms. The summed E-state index contributed by atoms with van der Waals surface area (Å²) in [6.07, 6.45) is 3.25. The number of fused-ring (bicyclic) bond motifs is 1. The lowest BCUT2D eigenvalue weighted by molar-refractivity contribution is -0.128. The summed E-state index contributed by atoms with van der Waals surface area (Å²) in [7, 11) is 0. The van der Waals surface area contributed by atoms with Crippen molar-refractivity contribution in [3.8, 4) is 0 Å². The van der Waals surface area contributed by atoms with Gasteiger partial charge in [-0.05, 0) is 31.9 Å². The van der Waals surface area contributed by atoms with Crippen LogP contribution in [0, 0.1) is 6.92 Å². The highest BCUT2D eigenvalue weighted by Gasteiger charge is 2.52. The third kappa shape index (κ3) is 4.30. The van der Waals surface area contributed by atoms with E-state index in [9.17, 15) is 14.4 Å². The monoisotopic (exact) mass is 466 g/mol. The maximum absolute atomic E-state index is 13.6. The maximum atomic E-state index is 13.6. The van der Waals surface area contributed by atoms with E-state index >= 15 is 0 Å². The number of aryl methyl sites for hydroxylation is 1. The molecule has 5 rings (SSSR count). The molecule has 34 heavy (non-hydrogen) atoms. The van der Waals surface area contributed by atoms with Crippen LogP contribution in [0.2, 0.25) is 0 Å². The molecule has 2 fully saturated rings. The number of aromatic nitrogens is 1. The zero-order valence-corrected chi connectivity index (χ0v) is 19.4. The number of carbonyl (C=O) groups excluding carboxylic acids is 3. The van der Waals surface area contributed by atoms with Crippen molar-refractivity contribution in [3.63, 3.8) is 0 Å². The van der Waals surface area contributed by atoms with Crippen molar-refractivity contribution in [2.24, 2.45) is 0 Å². The van der Waals surface area contributed by atoms with Gasteiger partial charge in [0.25, 0.3) is 5.91 Å². The van der Waals surface area contributed by atoms with Gasteiger partial charge < -0.3 is 15.2 Å². The predicted octanol–water partition coefficient (Wildman–Crippen LogP) is 1.84. The Morgan fingerprint density at radius 1 is 1.09 bits per heavy atom. The summed E-state index contributed by atoms with van der Waals surface area (Å²) in [4.78, 5) is 44.9. The molecule has 0 radical (unpaired) electrons. The molecule has 3 heterocycles. The third-order valence-electron chi connectivity index (χ3n) is 7.01. The zero-order chi connectivity index (χ0) is 23.7. The standard InChI is InChI=1S/C24H30N6O4/c1-17-14-20(27-34-17)26-21(31)15-28-10-12-29(13-11-28)16-22(32)30-19-7-3-2-6-18(19)25-23(33)24(30)8-4-5-9-24/h2-3,6-7,14H,4-5,8-13,15-16H2,1H3,(H,25,33)(H,26,27,31). The van der Waals surface area contributed by atoms with E-state index in [0.717, 1.165) is 18.5 Å². The van der Waals surface area contributed by atoms with Crippen molar-refractivity contribution in [2.45, 2.75) is 38.1 Å². The largest absolute Gasteiger partial charge is 0.360 e. The molecule has 3 aliphatic rings. The highest BCUT2D eigenvalue weighted by Crippen LogP contribution is 2.45. The van der Waals surface area contributed by atoms with Crippen LogP contribution in [0.15, 0.2) is 34.9 Å². The van der Waals surface area contributed by atoms with Gasteiger partial charge in [-0.15, -0.1) is 0 Å². The first kappa shape index (κ1) is 22.5. The first-order chi connectivity index (χ1) is 16.4. The van der Waals surface area contributed by atoms with Crippen LogP contribution in [-0.4, -0.2) is 77.5 Å². The second-order valence-electron chi connectivity index (χ2n) is 9.36. The average Bonchev–Trinajstić information content (AvgIpc) is 3.46. The van der Waals surface area contributed by atoms with E-state index < -0.39 is 5.54 Å². The number of nitrogens with one attached hydrogen (secondary N) is 2. The topological polar surface area (TPSA) is 111 Å². The molecule has 1 spiro atoms. The van der Waals surface area contributed by atoms with E-state index in [1.807, 2.05) is 24.3 Å². The summed E-state index contributed by atoms with van der Waals surface area (Å²) in [5, 5.41) is 9.55. The Kier molecular flexibility index (Phi) is 6.09. The van der Waals surface area contributed by atoms with Crippen molar-refractivity contribution in [1.29, 1.82) is 0 Å². The molecular weight excluding hydrogens is 436 g/mol. The molecule has 2 aromatic rings. The number of para-hydroxylation sites is 2. The minimum absolute atomic E-state index is 0.0446. The van der Waals surface area contributed by atoms with Gasteiger partial charge in [0.1, 0.15) is 11.3 Å². The van der Waals surface area contributed by atoms with Gasteiger partial charge in [-0.2, -0.15) is 0 Å². The summed E-state index contributed by atoms with van der Waals surface area (Å²) in [5.41, 5.74) is 0.689. The number of amides is 3. The summed E-state index contributed by atoms with van der Waals surface area (Å²) < 4.78 is 4.97. The molecule has 180 valence electrons. The minimum atomic E-state index is -0.787. The lowest BCUT2D eigenvalue weighted by Crippen LogP contribution is -2.62. The van der Waals surface area contributed by atoms with Crippen molar-refractivity contribution in [2.75, 3.05) is 54.8 Å². The van der Waals surface area contributed by atoms with Gasteiger partial charge in [0.15, 0.2) is 5.82 Å². The fourth-order valence-electron chi connectivity index (χ4n) is 5.31. The van der Waals surface area contributed by atoms with Gasteiger partial charge in [-0.1, -0.05) is 30.1 Å². The van der Waals surface area contributed by atoms with Gasteiger partial charge in [-0.3, -0.25) is 29.1 Å². The van der Waals surface area contributed by atoms with E-state index in [4.69, 9.17) is 4.52 Å². The van der Waals surface area contributed by atoms with Crippen molar-refractivity contribution < 1.29 is 18.9 Å². The molecular formula is C24H30N6O4. The number of benzene rings is 1. The number of rotatable bonds is 5. The number of hydrogen-bond acceptors (Lipinski definition) is 7. The quantitative estimate of drug-likeness (QED) is 0.692. The molecule has 0 atom stereocenters. The lowest BCUT2D eigenvalue weighted by Gasteiger charge is -2.45. The Morgan fingerprint density at radius 3 is 2.44 bits per heavy atom. The minimum Gasteiger partial charge on any atom is -0.360 e. The lowest BCUT2D eigenvalue weighted by atomic mass is 9.89. The van der Waals surface area contributed by atoms with Gasteiger partial charge in [0, 0.05) is 32.2 Å². The Morgan fingerprint density at radius 2 is 1.76 bits per heavy atom. The number of carbonyl (C=O) groups is 3. The number of anilines is 3. The number of hydrogen-bond donors (Lipinski definition) is 2. The first-order valence-corrected chi connectivity index (χ1v) is 11.9. The number of piperazine rings is 1. The van der Waals surface area contributed by atoms with Gasteiger partial charge >= 0.3 is 0 Å². The summed E-state index contributed by atoms with van der Waals surface area (Å²) in [6.45, 7) is 5.00. The first-order valence-electron chi connectivity index (χ1n) is 11.9. The number of nitrogens with zero attached hydrogens (tertiary/aromatic N) is 4. The van der Waals surface area contributed by atoms with E-state index in [0.29, 0.717) is 56.3 Å². The van der Waals surface area contributed by atoms with Gasteiger partial charge in [0.05, 0.1) is 24.5 Å². The highest BCUT2D eigenvalue weighted by molar-refractivity contribution is 6.15. The maximum Gasteiger partial charge on any atom is 0.250 e. The van der Waals surface area contributed by atoms with Crippen molar-refractivity contribution in [3.05, 3.63) is 36.1 Å². The average molecular weight is 467 g/mol. The fraction of sp³-hybridized carbons (Fsp3) is 0.500. The van der Waals surface area contributed by atoms with Crippen LogP contribution in [0.5, 0.6) is 0 Å². The van der Waals surface area contributed by atoms with Gasteiger partial charge in [0.2, 0.25) is 11.8 Å². The molecule has 1 saturated heterocycles. The molecule has 10 nitrogen and oxygen atoms in total. The van der Waals surface area contributed by atoms with E-state index in [1.165, 1.54) is 0 Å². The van der Waals surface area contributed by atoms with Crippen LogP contribution in [0.1, 0.15) is 31.4 Å². The molecule has 0 unspecified atom stereocenters. The second-order valence-corrected chi connectivity index (χ2v) is 9.36. The van der Waals surface area contributed by atoms with Crippen LogP contribution in [0.3, 0.4) is 0 Å². The molecule has 10 heteroatoms. The summed E-state index contributed by atoms with van der Waals surface area (Å²) in [5.74, 6) is 0.795. The van der Waals surface area contributed by atoms with Crippen LogP contribution in [0.4, 0.5) is 17.2 Å². The fourth-order valence-corrected chi connectivity index (χ4v) is 5.31. The molecule has 1 aliphatic carbocycles. The molecule has 1 saturated carbocycles. The van der Waals surface area contributed by atoms with E-state index in [-0.39, 0.29) is 30.8 Å². The Balaban J connectivity index is 1.20. The van der Waals surface area contributed by atoms with Crippen LogP contribution in [-0.2, 0) is 14.4 Å². The van der Waals surface area contributed by atoms with Crippen LogP contribution >= 0.6 is 0 Å². The summed E-state index contributed by atoms with van der Waals surface area (Å²) >= 11 is 0. The Bertz CT molecular complexity index is 1080. The summed E-state index contributed by atoms with van der Waals surface area (Å²) in [6, 6.07) is 9.22. The Hall–Kier alpha value is -3.24. The molecule has 3 amide bonds. The Labute approximate surface area is 198 Å². The van der Waals surface area contributed by atoms with E-state index in [1.54, 1.807) is 17.9 Å². The smallest absolute Gasteiger partial charge is 0.250 e. The van der Waals surface area contributed by atoms with Crippen molar-refractivity contribution in [1.82, 2.24) is 15.0 Å². The molecule has 2 aliphatic heterocycles. The van der Waals surface area contributed by atoms with Crippen LogP contribution in [0.25, 0.3) is 0 Å². The zero-order valence-electron chi connectivity index (χ0n) is 19.4. The SMILES string of the molecule is Cc1cc(NC(=O)CN2CCN(CC(=O)N3c4ccccc4NC(=O)C34CCCC4)CC2)no1. The van der Waals surface area contributed by atoms with Crippen molar-refractivity contribution >= 4 is 34.9 Å². The second kappa shape index (κ2) is 9.19. The van der Waals surface area contributed by atoms with Crippen LogP contribution < -0.4 is 15.5 Å². The van der Waals surface area contributed by atoms with Gasteiger partial charge in [-0.25, -0.2) is 0 Å². The molecule has 1 aromatic heterocycles.